The zero-order valence-electron chi connectivity index (χ0n) is 14.2. The molecule has 0 bridgehead atoms. The maximum atomic E-state index is 13.1. The van der Waals surface area contributed by atoms with Crippen molar-refractivity contribution >= 4 is 19.9 Å². The number of sulfone groups is 1. The Balaban J connectivity index is 2.55. The normalized spacial score (nSPS) is 16.0. The lowest BCUT2D eigenvalue weighted by atomic mass is 10.2. The van der Waals surface area contributed by atoms with E-state index in [0.29, 0.717) is 30.1 Å². The van der Waals surface area contributed by atoms with Crippen LogP contribution >= 0.6 is 0 Å². The summed E-state index contributed by atoms with van der Waals surface area (Å²) in [6, 6.07) is 3.11. The van der Waals surface area contributed by atoms with E-state index >= 15 is 0 Å². The molecule has 130 valence electrons. The predicted molar refractivity (Wildman–Crippen MR) is 90.8 cm³/mol. The van der Waals surface area contributed by atoms with Gasteiger partial charge in [-0.1, -0.05) is 6.92 Å². The predicted octanol–water partition coefficient (Wildman–Crippen LogP) is 2.52. The van der Waals surface area contributed by atoms with Crippen LogP contribution in [-0.2, 0) is 19.9 Å². The zero-order chi connectivity index (χ0) is 17.4. The molecule has 0 atom stereocenters. The van der Waals surface area contributed by atoms with Crippen LogP contribution in [0.3, 0.4) is 0 Å². The lowest BCUT2D eigenvalue weighted by molar-refractivity contribution is 0.395. The minimum absolute atomic E-state index is 0.0962. The number of nitrogens with zero attached hydrogens (tertiary/aromatic N) is 1. The largest absolute Gasteiger partial charge is 0.243 e. The Kier molecular flexibility index (Phi) is 5.23. The Hall–Kier alpha value is -0.920. The first-order valence-electron chi connectivity index (χ1n) is 7.88. The van der Waals surface area contributed by atoms with Gasteiger partial charge in [0, 0.05) is 19.3 Å². The zero-order valence-corrected chi connectivity index (χ0v) is 15.8. The van der Waals surface area contributed by atoms with Crippen molar-refractivity contribution in [2.75, 3.05) is 19.3 Å². The summed E-state index contributed by atoms with van der Waals surface area (Å²) in [5.41, 5.74) is 0.951. The Morgan fingerprint density at radius 1 is 1.09 bits per heavy atom. The molecule has 1 aromatic rings. The van der Waals surface area contributed by atoms with Gasteiger partial charge in [0.15, 0.2) is 9.84 Å². The number of benzene rings is 1. The molecular weight excluding hydrogens is 334 g/mol. The summed E-state index contributed by atoms with van der Waals surface area (Å²) >= 11 is 0. The highest BCUT2D eigenvalue weighted by Crippen LogP contribution is 2.33. The summed E-state index contributed by atoms with van der Waals surface area (Å²) in [5.74, 6) is 0.441. The van der Waals surface area contributed by atoms with Gasteiger partial charge in [0.2, 0.25) is 10.0 Å². The van der Waals surface area contributed by atoms with Gasteiger partial charge in [0.25, 0.3) is 0 Å². The molecule has 0 amide bonds. The summed E-state index contributed by atoms with van der Waals surface area (Å²) in [7, 11) is -7.16. The Labute approximate surface area is 139 Å². The van der Waals surface area contributed by atoms with Gasteiger partial charge in [0.05, 0.1) is 9.79 Å². The Morgan fingerprint density at radius 3 is 2.13 bits per heavy atom. The molecule has 0 saturated heterocycles. The average molecular weight is 360 g/mol. The summed E-state index contributed by atoms with van der Waals surface area (Å²) in [6.45, 7) is 6.22. The molecule has 0 aromatic heterocycles. The third-order valence-electron chi connectivity index (χ3n) is 4.11. The molecule has 0 N–H and O–H groups in total. The fraction of sp³-hybridized carbons (Fsp3) is 0.625. The van der Waals surface area contributed by atoms with E-state index in [9.17, 15) is 16.8 Å². The van der Waals surface area contributed by atoms with Crippen LogP contribution in [0.25, 0.3) is 0 Å². The van der Waals surface area contributed by atoms with Crippen LogP contribution in [0.5, 0.6) is 0 Å². The second kappa shape index (κ2) is 6.53. The molecule has 1 aliphatic rings. The molecule has 5 nitrogen and oxygen atoms in total. The van der Waals surface area contributed by atoms with Gasteiger partial charge >= 0.3 is 0 Å². The van der Waals surface area contributed by atoms with Gasteiger partial charge in [0.1, 0.15) is 0 Å². The van der Waals surface area contributed by atoms with E-state index in [2.05, 4.69) is 0 Å². The van der Waals surface area contributed by atoms with E-state index in [1.807, 2.05) is 6.92 Å². The molecule has 0 spiro atoms. The molecule has 23 heavy (non-hydrogen) atoms. The molecule has 7 heteroatoms. The van der Waals surface area contributed by atoms with Crippen LogP contribution in [0.4, 0.5) is 0 Å². The van der Waals surface area contributed by atoms with E-state index in [1.54, 1.807) is 19.9 Å². The number of sulfonamides is 1. The van der Waals surface area contributed by atoms with E-state index in [-0.39, 0.29) is 9.79 Å². The molecule has 1 aromatic carbocycles. The topological polar surface area (TPSA) is 71.5 Å². The summed E-state index contributed by atoms with van der Waals surface area (Å²) in [5, 5.41) is 0. The highest BCUT2D eigenvalue weighted by Gasteiger charge is 2.33. The highest BCUT2D eigenvalue weighted by molar-refractivity contribution is 7.91. The van der Waals surface area contributed by atoms with Gasteiger partial charge in [-0.05, 0) is 62.3 Å². The van der Waals surface area contributed by atoms with Gasteiger partial charge in [-0.25, -0.2) is 16.8 Å². The van der Waals surface area contributed by atoms with Crippen molar-refractivity contribution in [2.24, 2.45) is 5.92 Å². The highest BCUT2D eigenvalue weighted by atomic mass is 32.2. The fourth-order valence-corrected chi connectivity index (χ4v) is 5.80. The molecule has 1 aliphatic carbocycles. The van der Waals surface area contributed by atoms with Crippen molar-refractivity contribution in [1.29, 1.82) is 0 Å². The summed E-state index contributed by atoms with van der Waals surface area (Å²) < 4.78 is 51.6. The molecule has 0 aliphatic heterocycles. The first kappa shape index (κ1) is 18.4. The fourth-order valence-electron chi connectivity index (χ4n) is 2.73. The van der Waals surface area contributed by atoms with Crippen molar-refractivity contribution in [1.82, 2.24) is 4.31 Å². The summed E-state index contributed by atoms with van der Waals surface area (Å²) in [4.78, 5) is 0.214. The quantitative estimate of drug-likeness (QED) is 0.750. The second-order valence-corrected chi connectivity index (χ2v) is 10.4. The maximum Gasteiger partial charge on any atom is 0.243 e. The minimum Gasteiger partial charge on any atom is -0.224 e. The Bertz CT molecular complexity index is 794. The summed E-state index contributed by atoms with van der Waals surface area (Å²) in [6.07, 6.45) is 3.98. The van der Waals surface area contributed by atoms with Crippen LogP contribution in [0.1, 0.15) is 37.3 Å². The Morgan fingerprint density at radius 2 is 1.65 bits per heavy atom. The van der Waals surface area contributed by atoms with Crippen molar-refractivity contribution < 1.29 is 16.8 Å². The molecule has 1 saturated carbocycles. The van der Waals surface area contributed by atoms with Gasteiger partial charge in [-0.2, -0.15) is 4.31 Å². The SMILES string of the molecule is CCCN(CC1CC1)S(=O)(=O)c1cc(C)cc(S(C)(=O)=O)c1C. The molecule has 1 fully saturated rings. The molecular formula is C16H25NO4S2. The van der Waals surface area contributed by atoms with E-state index in [0.717, 1.165) is 25.5 Å². The monoisotopic (exact) mass is 359 g/mol. The average Bonchev–Trinajstić information content (AvgIpc) is 3.23. The van der Waals surface area contributed by atoms with Crippen molar-refractivity contribution in [3.8, 4) is 0 Å². The first-order valence-corrected chi connectivity index (χ1v) is 11.2. The van der Waals surface area contributed by atoms with Crippen molar-refractivity contribution in [3.63, 3.8) is 0 Å². The van der Waals surface area contributed by atoms with Gasteiger partial charge in [-0.15, -0.1) is 0 Å². The van der Waals surface area contributed by atoms with Crippen molar-refractivity contribution in [2.45, 2.75) is 49.8 Å². The van der Waals surface area contributed by atoms with Crippen LogP contribution < -0.4 is 0 Å². The van der Waals surface area contributed by atoms with Crippen LogP contribution in [0.15, 0.2) is 21.9 Å². The van der Waals surface area contributed by atoms with E-state index < -0.39 is 19.9 Å². The van der Waals surface area contributed by atoms with Crippen molar-refractivity contribution in [3.05, 3.63) is 23.3 Å². The molecule has 0 unspecified atom stereocenters. The molecule has 0 radical (unpaired) electrons. The van der Waals surface area contributed by atoms with Gasteiger partial charge in [-0.3, -0.25) is 0 Å². The lowest BCUT2D eigenvalue weighted by Crippen LogP contribution is -2.34. The van der Waals surface area contributed by atoms with E-state index in [4.69, 9.17) is 0 Å². The van der Waals surface area contributed by atoms with Crippen LogP contribution in [0, 0.1) is 19.8 Å². The van der Waals surface area contributed by atoms with Gasteiger partial charge < -0.3 is 0 Å². The van der Waals surface area contributed by atoms with Crippen LogP contribution in [-0.4, -0.2) is 40.5 Å². The van der Waals surface area contributed by atoms with Crippen LogP contribution in [0.2, 0.25) is 0 Å². The maximum absolute atomic E-state index is 13.1. The lowest BCUT2D eigenvalue weighted by Gasteiger charge is -2.23. The molecule has 2 rings (SSSR count). The third-order valence-corrected chi connectivity index (χ3v) is 7.32. The smallest absolute Gasteiger partial charge is 0.224 e. The van der Waals surface area contributed by atoms with E-state index in [1.165, 1.54) is 10.4 Å². The number of hydrogen-bond acceptors (Lipinski definition) is 4. The second-order valence-electron chi connectivity index (χ2n) is 6.46. The number of rotatable bonds is 7. The number of hydrogen-bond donors (Lipinski definition) is 0. The number of aryl methyl sites for hydroxylation is 1. The first-order chi connectivity index (χ1) is 10.6. The standard InChI is InChI=1S/C16H25NO4S2/c1-5-8-17(11-14-6-7-14)23(20,21)16-10-12(2)9-15(13(16)3)22(4,18)19/h9-10,14H,5-8,11H2,1-4H3. The minimum atomic E-state index is -3.69. The third kappa shape index (κ3) is 4.14. The molecule has 0 heterocycles.